The molecule has 1 aliphatic heterocycles. The lowest BCUT2D eigenvalue weighted by molar-refractivity contribution is 0.175. The van der Waals surface area contributed by atoms with E-state index in [1.165, 1.54) is 49.0 Å². The normalized spacial score (nSPS) is 26.2. The van der Waals surface area contributed by atoms with Gasteiger partial charge in [-0.05, 0) is 73.6 Å². The minimum atomic E-state index is 0.663. The highest BCUT2D eigenvalue weighted by Gasteiger charge is 2.44. The van der Waals surface area contributed by atoms with Gasteiger partial charge in [0.05, 0.1) is 0 Å². The van der Waals surface area contributed by atoms with Crippen LogP contribution < -0.4 is 5.32 Å². The van der Waals surface area contributed by atoms with Gasteiger partial charge in [0.1, 0.15) is 0 Å². The summed E-state index contributed by atoms with van der Waals surface area (Å²) in [5.41, 5.74) is 6.68. The fourth-order valence-corrected chi connectivity index (χ4v) is 3.70. The summed E-state index contributed by atoms with van der Waals surface area (Å²) in [6.45, 7) is 9.26. The van der Waals surface area contributed by atoms with E-state index in [2.05, 4.69) is 38.2 Å². The van der Waals surface area contributed by atoms with Crippen molar-refractivity contribution in [2.24, 2.45) is 5.41 Å². The maximum absolute atomic E-state index is 3.45. The summed E-state index contributed by atoms with van der Waals surface area (Å²) in [7, 11) is 0. The van der Waals surface area contributed by atoms with Crippen LogP contribution in [-0.2, 0) is 0 Å². The molecule has 1 unspecified atom stereocenters. The Hall–Kier alpha value is -0.820. The van der Waals surface area contributed by atoms with Gasteiger partial charge in [-0.15, -0.1) is 0 Å². The molecule has 92 valence electrons. The van der Waals surface area contributed by atoms with E-state index >= 15 is 0 Å². The van der Waals surface area contributed by atoms with Crippen molar-refractivity contribution in [1.82, 2.24) is 5.32 Å². The predicted octanol–water partition coefficient (Wildman–Crippen LogP) is 3.47. The average molecular weight is 229 g/mol. The summed E-state index contributed by atoms with van der Waals surface area (Å²) < 4.78 is 0. The molecule has 1 aliphatic carbocycles. The monoisotopic (exact) mass is 229 g/mol. The molecule has 1 N–H and O–H groups in total. The summed E-state index contributed by atoms with van der Waals surface area (Å²) in [5, 5.41) is 3.45. The number of hydrogen-bond acceptors (Lipinski definition) is 1. The van der Waals surface area contributed by atoms with Crippen LogP contribution in [0.4, 0.5) is 0 Å². The van der Waals surface area contributed by atoms with Crippen molar-refractivity contribution in [3.63, 3.8) is 0 Å². The Morgan fingerprint density at radius 3 is 2.35 bits per heavy atom. The molecule has 1 nitrogen and oxygen atoms in total. The van der Waals surface area contributed by atoms with Crippen LogP contribution in [0.1, 0.15) is 47.4 Å². The van der Waals surface area contributed by atoms with Gasteiger partial charge >= 0.3 is 0 Å². The maximum Gasteiger partial charge on any atom is 0.00204 e. The van der Waals surface area contributed by atoms with Gasteiger partial charge in [-0.2, -0.15) is 0 Å². The van der Waals surface area contributed by atoms with Crippen LogP contribution in [0.25, 0.3) is 0 Å². The third-order valence-corrected chi connectivity index (χ3v) is 5.02. The van der Waals surface area contributed by atoms with Gasteiger partial charge in [0.15, 0.2) is 0 Å². The molecular formula is C16H23N. The third kappa shape index (κ3) is 1.81. The molecule has 1 spiro atoms. The zero-order valence-electron chi connectivity index (χ0n) is 11.3. The van der Waals surface area contributed by atoms with Crippen molar-refractivity contribution in [3.05, 3.63) is 34.4 Å². The standard InChI is InChI=1S/C16H23N/c1-11-6-13(3)15(7-12(11)2)14-4-5-16(8-14)9-17-10-16/h6-7,14,17H,4-5,8-10H2,1-3H3. The van der Waals surface area contributed by atoms with Gasteiger partial charge in [0.2, 0.25) is 0 Å². The summed E-state index contributed by atoms with van der Waals surface area (Å²) in [4.78, 5) is 0. The van der Waals surface area contributed by atoms with E-state index < -0.39 is 0 Å². The van der Waals surface area contributed by atoms with E-state index in [1.807, 2.05) is 0 Å². The van der Waals surface area contributed by atoms with Crippen molar-refractivity contribution < 1.29 is 0 Å². The van der Waals surface area contributed by atoms with Crippen LogP contribution in [0.2, 0.25) is 0 Å². The first-order valence-corrected chi connectivity index (χ1v) is 6.88. The minimum Gasteiger partial charge on any atom is -0.316 e. The molecule has 0 radical (unpaired) electrons. The molecule has 1 saturated heterocycles. The molecule has 1 aromatic carbocycles. The van der Waals surface area contributed by atoms with Gasteiger partial charge in [0, 0.05) is 13.1 Å². The van der Waals surface area contributed by atoms with E-state index in [0.717, 1.165) is 5.92 Å². The maximum atomic E-state index is 3.45. The van der Waals surface area contributed by atoms with Crippen LogP contribution in [0.3, 0.4) is 0 Å². The van der Waals surface area contributed by atoms with Crippen LogP contribution in [0.5, 0.6) is 0 Å². The first-order valence-electron chi connectivity index (χ1n) is 6.88. The van der Waals surface area contributed by atoms with E-state index in [9.17, 15) is 0 Å². The number of aryl methyl sites for hydroxylation is 3. The molecule has 0 amide bonds. The Morgan fingerprint density at radius 1 is 1.06 bits per heavy atom. The zero-order chi connectivity index (χ0) is 12.0. The number of hydrogen-bond donors (Lipinski definition) is 1. The quantitative estimate of drug-likeness (QED) is 0.777. The molecule has 0 aromatic heterocycles. The Bertz CT molecular complexity index is 443. The van der Waals surface area contributed by atoms with E-state index in [-0.39, 0.29) is 0 Å². The first kappa shape index (κ1) is 11.3. The minimum absolute atomic E-state index is 0.663. The number of nitrogens with one attached hydrogen (secondary N) is 1. The molecule has 1 atom stereocenters. The van der Waals surface area contributed by atoms with Gasteiger partial charge in [-0.3, -0.25) is 0 Å². The van der Waals surface area contributed by atoms with Crippen LogP contribution in [0.15, 0.2) is 12.1 Å². The zero-order valence-corrected chi connectivity index (χ0v) is 11.3. The molecule has 1 heterocycles. The fraction of sp³-hybridized carbons (Fsp3) is 0.625. The second kappa shape index (κ2) is 3.84. The van der Waals surface area contributed by atoms with E-state index in [4.69, 9.17) is 0 Å². The van der Waals surface area contributed by atoms with Crippen molar-refractivity contribution >= 4 is 0 Å². The molecule has 1 heteroatoms. The lowest BCUT2D eigenvalue weighted by Gasteiger charge is -2.39. The Balaban J connectivity index is 1.87. The molecule has 1 aromatic rings. The molecule has 2 fully saturated rings. The molecule has 0 bridgehead atoms. The molecule has 3 rings (SSSR count). The molecular weight excluding hydrogens is 206 g/mol. The Morgan fingerprint density at radius 2 is 1.76 bits per heavy atom. The van der Waals surface area contributed by atoms with Gasteiger partial charge < -0.3 is 5.32 Å². The summed E-state index contributed by atoms with van der Waals surface area (Å²) in [5.74, 6) is 0.816. The van der Waals surface area contributed by atoms with Gasteiger partial charge in [0.25, 0.3) is 0 Å². The summed E-state index contributed by atoms with van der Waals surface area (Å²) in [6, 6.07) is 4.81. The third-order valence-electron chi connectivity index (χ3n) is 5.02. The SMILES string of the molecule is Cc1cc(C)c(C2CCC3(CNC3)C2)cc1C. The highest BCUT2D eigenvalue weighted by Crippen LogP contribution is 2.49. The number of rotatable bonds is 1. The summed E-state index contributed by atoms with van der Waals surface area (Å²) >= 11 is 0. The lowest BCUT2D eigenvalue weighted by atomic mass is 9.78. The van der Waals surface area contributed by atoms with Crippen LogP contribution in [-0.4, -0.2) is 13.1 Å². The summed E-state index contributed by atoms with van der Waals surface area (Å²) in [6.07, 6.45) is 4.23. The van der Waals surface area contributed by atoms with Crippen molar-refractivity contribution in [2.75, 3.05) is 13.1 Å². The predicted molar refractivity (Wildman–Crippen MR) is 72.5 cm³/mol. The van der Waals surface area contributed by atoms with Crippen molar-refractivity contribution in [3.8, 4) is 0 Å². The van der Waals surface area contributed by atoms with Gasteiger partial charge in [-0.25, -0.2) is 0 Å². The Labute approximate surface area is 105 Å². The second-order valence-corrected chi connectivity index (χ2v) is 6.34. The topological polar surface area (TPSA) is 12.0 Å². The number of benzene rings is 1. The smallest absolute Gasteiger partial charge is 0.00204 e. The fourth-order valence-electron chi connectivity index (χ4n) is 3.70. The van der Waals surface area contributed by atoms with Crippen molar-refractivity contribution in [2.45, 2.75) is 46.0 Å². The lowest BCUT2D eigenvalue weighted by Crippen LogP contribution is -2.51. The molecule has 2 aliphatic rings. The highest BCUT2D eigenvalue weighted by molar-refractivity contribution is 5.39. The average Bonchev–Trinajstić information content (AvgIpc) is 2.68. The largest absolute Gasteiger partial charge is 0.316 e. The van der Waals surface area contributed by atoms with Gasteiger partial charge in [-0.1, -0.05) is 12.1 Å². The molecule has 1 saturated carbocycles. The molecule has 17 heavy (non-hydrogen) atoms. The van der Waals surface area contributed by atoms with E-state index in [1.54, 1.807) is 5.56 Å². The Kier molecular flexibility index (Phi) is 2.55. The second-order valence-electron chi connectivity index (χ2n) is 6.34. The van der Waals surface area contributed by atoms with E-state index in [0.29, 0.717) is 5.41 Å². The highest BCUT2D eigenvalue weighted by atomic mass is 15.0. The van der Waals surface area contributed by atoms with Crippen LogP contribution >= 0.6 is 0 Å². The van der Waals surface area contributed by atoms with Crippen molar-refractivity contribution in [1.29, 1.82) is 0 Å². The first-order chi connectivity index (χ1) is 8.10. The van der Waals surface area contributed by atoms with Crippen LogP contribution in [0, 0.1) is 26.2 Å².